The number of fused-ring (bicyclic) bond motifs is 10. The first kappa shape index (κ1) is 24.4. The van der Waals surface area contributed by atoms with Crippen molar-refractivity contribution in [3.8, 4) is 22.3 Å². The van der Waals surface area contributed by atoms with Crippen molar-refractivity contribution in [2.75, 3.05) is 0 Å². The Kier molecular flexibility index (Phi) is 4.66. The van der Waals surface area contributed by atoms with Crippen LogP contribution in [-0.4, -0.2) is 0 Å². The Labute approximate surface area is 265 Å². The molecule has 0 N–H and O–H groups in total. The van der Waals surface area contributed by atoms with Gasteiger partial charge in [-0.1, -0.05) is 133 Å². The molecular formula is C46H26. The molecule has 0 aromatic heterocycles. The minimum absolute atomic E-state index is 1.24. The molecule has 0 nitrogen and oxygen atoms in total. The maximum atomic E-state index is 2.50. The van der Waals surface area contributed by atoms with Gasteiger partial charge in [-0.05, 0) is 133 Å². The Morgan fingerprint density at radius 2 is 0.761 bits per heavy atom. The van der Waals surface area contributed by atoms with E-state index in [9.17, 15) is 0 Å². The van der Waals surface area contributed by atoms with Gasteiger partial charge in [0.05, 0.1) is 0 Å². The molecular weight excluding hydrogens is 553 g/mol. The van der Waals surface area contributed by atoms with E-state index < -0.39 is 0 Å². The summed E-state index contributed by atoms with van der Waals surface area (Å²) in [5.41, 5.74) is 5.05. The molecule has 0 aliphatic carbocycles. The van der Waals surface area contributed by atoms with Crippen molar-refractivity contribution in [3.05, 3.63) is 158 Å². The first-order chi connectivity index (χ1) is 22.8. The molecule has 0 heteroatoms. The highest BCUT2D eigenvalue weighted by Gasteiger charge is 2.21. The van der Waals surface area contributed by atoms with Gasteiger partial charge in [0.2, 0.25) is 0 Å². The fraction of sp³-hybridized carbons (Fsp3) is 0. The van der Waals surface area contributed by atoms with Crippen molar-refractivity contribution in [2.45, 2.75) is 0 Å². The number of rotatable bonds is 2. The number of benzene rings is 9. The molecule has 0 fully saturated rings. The zero-order chi connectivity index (χ0) is 29.9. The topological polar surface area (TPSA) is 0 Å². The van der Waals surface area contributed by atoms with Crippen molar-refractivity contribution in [1.82, 2.24) is 0 Å². The van der Waals surface area contributed by atoms with Gasteiger partial charge in [-0.25, -0.2) is 0 Å². The molecule has 11 rings (SSSR count). The zero-order valence-electron chi connectivity index (χ0n) is 25.0. The van der Waals surface area contributed by atoms with Crippen LogP contribution in [0.25, 0.3) is 108 Å². The Hall–Kier alpha value is -5.98. The smallest absolute Gasteiger partial charge is 0.00195 e. The lowest BCUT2D eigenvalue weighted by Gasteiger charge is -2.17. The molecule has 210 valence electrons. The Morgan fingerprint density at radius 3 is 1.54 bits per heavy atom. The predicted molar refractivity (Wildman–Crippen MR) is 200 cm³/mol. The van der Waals surface area contributed by atoms with Gasteiger partial charge < -0.3 is 0 Å². The summed E-state index contributed by atoms with van der Waals surface area (Å²) in [5, 5.41) is 21.3. The van der Waals surface area contributed by atoms with Gasteiger partial charge >= 0.3 is 0 Å². The second-order valence-electron chi connectivity index (χ2n) is 12.8. The first-order valence-electron chi connectivity index (χ1n) is 16.1. The summed E-state index contributed by atoms with van der Waals surface area (Å²) < 4.78 is 0. The minimum atomic E-state index is 1.24. The number of hydrogen-bond acceptors (Lipinski definition) is 0. The van der Waals surface area contributed by atoms with Gasteiger partial charge in [0, 0.05) is 0 Å². The van der Waals surface area contributed by atoms with Crippen LogP contribution in [-0.2, 0) is 0 Å². The first-order valence-corrected chi connectivity index (χ1v) is 16.1. The highest BCUT2D eigenvalue weighted by Crippen LogP contribution is 2.49. The summed E-state index contributed by atoms with van der Waals surface area (Å²) in [6, 6.07) is 59.0. The molecule has 0 saturated heterocycles. The van der Waals surface area contributed by atoms with Crippen LogP contribution in [0.1, 0.15) is 0 Å². The standard InChI is InChI=1S/C46H26/c1-2-11-27(12-3-1)30-15-4-5-16-31(30)41-24-29-23-39-35-19-8-13-28-14-9-20-36(44(28)35)40(39)25-38(29)43-26-42-33-18-7-6-17-32(33)34-21-10-22-37(45(34)42)46(41)43/h1-26H. The van der Waals surface area contributed by atoms with Crippen LogP contribution in [0.3, 0.4) is 0 Å². The van der Waals surface area contributed by atoms with Crippen molar-refractivity contribution < 1.29 is 0 Å². The number of hydrogen-bond donors (Lipinski definition) is 0. The van der Waals surface area contributed by atoms with E-state index in [4.69, 9.17) is 0 Å². The van der Waals surface area contributed by atoms with E-state index >= 15 is 0 Å². The third-order valence-electron chi connectivity index (χ3n) is 10.5. The monoisotopic (exact) mass is 578 g/mol. The average molecular weight is 579 g/mol. The van der Waals surface area contributed by atoms with Gasteiger partial charge in [0.1, 0.15) is 0 Å². The molecule has 11 aromatic rings. The fourth-order valence-electron chi connectivity index (χ4n) is 8.61. The van der Waals surface area contributed by atoms with Gasteiger partial charge in [0.15, 0.2) is 0 Å². The second kappa shape index (κ2) is 8.81. The third-order valence-corrected chi connectivity index (χ3v) is 10.5. The minimum Gasteiger partial charge on any atom is -0.0622 e. The van der Waals surface area contributed by atoms with E-state index in [-0.39, 0.29) is 0 Å². The fourth-order valence-corrected chi connectivity index (χ4v) is 8.61. The Bertz CT molecular complexity index is 3000. The molecule has 0 bridgehead atoms. The van der Waals surface area contributed by atoms with Gasteiger partial charge in [-0.15, -0.1) is 0 Å². The zero-order valence-corrected chi connectivity index (χ0v) is 25.0. The molecule has 0 spiro atoms. The maximum absolute atomic E-state index is 2.50. The van der Waals surface area contributed by atoms with Crippen LogP contribution >= 0.6 is 0 Å². The van der Waals surface area contributed by atoms with Gasteiger partial charge in [-0.2, -0.15) is 0 Å². The van der Waals surface area contributed by atoms with E-state index in [0.29, 0.717) is 0 Å². The van der Waals surface area contributed by atoms with E-state index in [2.05, 4.69) is 158 Å². The lowest BCUT2D eigenvalue weighted by atomic mass is 9.85. The van der Waals surface area contributed by atoms with Gasteiger partial charge in [-0.3, -0.25) is 0 Å². The summed E-state index contributed by atoms with van der Waals surface area (Å²) in [4.78, 5) is 0. The highest BCUT2D eigenvalue weighted by atomic mass is 14.2. The van der Waals surface area contributed by atoms with E-state index in [1.165, 1.54) is 108 Å². The lowest BCUT2D eigenvalue weighted by Crippen LogP contribution is -1.90. The Morgan fingerprint density at radius 1 is 0.217 bits per heavy atom. The van der Waals surface area contributed by atoms with Crippen LogP contribution in [0, 0.1) is 0 Å². The predicted octanol–water partition coefficient (Wildman–Crippen LogP) is 13.1. The summed E-state index contributed by atoms with van der Waals surface area (Å²) in [6.07, 6.45) is 0. The molecule has 0 aliphatic rings. The van der Waals surface area contributed by atoms with Crippen LogP contribution in [0.5, 0.6) is 0 Å². The van der Waals surface area contributed by atoms with E-state index in [0.717, 1.165) is 0 Å². The van der Waals surface area contributed by atoms with Crippen molar-refractivity contribution >= 4 is 86.2 Å². The summed E-state index contributed by atoms with van der Waals surface area (Å²) in [7, 11) is 0. The average Bonchev–Trinajstić information content (AvgIpc) is 3.62. The third kappa shape index (κ3) is 3.08. The van der Waals surface area contributed by atoms with Crippen molar-refractivity contribution in [1.29, 1.82) is 0 Å². The molecule has 0 atom stereocenters. The molecule has 46 heavy (non-hydrogen) atoms. The molecule has 11 aromatic carbocycles. The SMILES string of the molecule is c1ccc(-c2ccccc2-c2cc3cc4c(cc3c3cc5c6ccccc6c6cccc(c23)c65)c2cccc3cccc4c32)cc1. The van der Waals surface area contributed by atoms with E-state index in [1.807, 2.05) is 0 Å². The largest absolute Gasteiger partial charge is 0.0622 e. The molecule has 0 unspecified atom stereocenters. The lowest BCUT2D eigenvalue weighted by molar-refractivity contribution is 1.61. The Balaban J connectivity index is 1.40. The van der Waals surface area contributed by atoms with Crippen molar-refractivity contribution in [3.63, 3.8) is 0 Å². The van der Waals surface area contributed by atoms with Gasteiger partial charge in [0.25, 0.3) is 0 Å². The normalized spacial score (nSPS) is 12.3. The highest BCUT2D eigenvalue weighted by molar-refractivity contribution is 6.39. The second-order valence-corrected chi connectivity index (χ2v) is 12.8. The molecule has 0 heterocycles. The molecule has 0 aliphatic heterocycles. The quantitative estimate of drug-likeness (QED) is 0.179. The molecule has 0 saturated carbocycles. The summed E-state index contributed by atoms with van der Waals surface area (Å²) >= 11 is 0. The molecule has 0 radical (unpaired) electrons. The van der Waals surface area contributed by atoms with Crippen molar-refractivity contribution in [2.24, 2.45) is 0 Å². The summed E-state index contributed by atoms with van der Waals surface area (Å²) in [5.74, 6) is 0. The maximum Gasteiger partial charge on any atom is -0.00195 e. The molecule has 0 amide bonds. The van der Waals surface area contributed by atoms with Crippen LogP contribution < -0.4 is 0 Å². The van der Waals surface area contributed by atoms with E-state index in [1.54, 1.807) is 0 Å². The van der Waals surface area contributed by atoms with Crippen LogP contribution in [0.4, 0.5) is 0 Å². The summed E-state index contributed by atoms with van der Waals surface area (Å²) in [6.45, 7) is 0. The van der Waals surface area contributed by atoms with Crippen LogP contribution in [0.2, 0.25) is 0 Å². The van der Waals surface area contributed by atoms with Crippen LogP contribution in [0.15, 0.2) is 158 Å².